The first-order chi connectivity index (χ1) is 5.91. The summed E-state index contributed by atoms with van der Waals surface area (Å²) in [6.45, 7) is 2.19. The van der Waals surface area contributed by atoms with E-state index in [9.17, 15) is 4.79 Å². The first kappa shape index (κ1) is 11.2. The summed E-state index contributed by atoms with van der Waals surface area (Å²) in [4.78, 5) is 9.91. The van der Waals surface area contributed by atoms with E-state index < -0.39 is 0 Å². The summed E-state index contributed by atoms with van der Waals surface area (Å²) in [5.41, 5.74) is 0. The van der Waals surface area contributed by atoms with Gasteiger partial charge in [-0.1, -0.05) is 44.1 Å². The molecule has 0 spiro atoms. The van der Waals surface area contributed by atoms with Crippen LogP contribution in [0, 0.1) is 0 Å². The number of aldehydes is 1. The number of unbranched alkanes of at least 4 members (excludes halogenated alkanes) is 2. The van der Waals surface area contributed by atoms with E-state index in [0.717, 1.165) is 12.7 Å². The lowest BCUT2D eigenvalue weighted by Gasteiger charge is -1.86. The molecule has 0 unspecified atom stereocenters. The van der Waals surface area contributed by atoms with E-state index in [4.69, 9.17) is 0 Å². The highest BCUT2D eigenvalue weighted by molar-refractivity contribution is 5.51. The second-order valence-electron chi connectivity index (χ2n) is 2.72. The molecule has 0 rings (SSSR count). The number of carbonyl (C=O) groups is 1. The van der Waals surface area contributed by atoms with Crippen LogP contribution >= 0.6 is 0 Å². The van der Waals surface area contributed by atoms with Gasteiger partial charge in [0.1, 0.15) is 6.29 Å². The summed E-state index contributed by atoms with van der Waals surface area (Å²) in [6.07, 6.45) is 14.4. The molecule has 0 fully saturated rings. The summed E-state index contributed by atoms with van der Waals surface area (Å²) >= 11 is 0. The maximum Gasteiger partial charge on any atom is 0.123 e. The lowest BCUT2D eigenvalue weighted by Crippen LogP contribution is -1.68. The van der Waals surface area contributed by atoms with Gasteiger partial charge in [0.05, 0.1) is 0 Å². The van der Waals surface area contributed by atoms with E-state index in [-0.39, 0.29) is 0 Å². The van der Waals surface area contributed by atoms with Gasteiger partial charge in [-0.25, -0.2) is 0 Å². The van der Waals surface area contributed by atoms with Crippen molar-refractivity contribution in [2.45, 2.75) is 39.0 Å². The minimum atomic E-state index is 0.544. The maximum atomic E-state index is 9.91. The second kappa shape index (κ2) is 10.2. The maximum absolute atomic E-state index is 9.91. The average Bonchev–Trinajstić information content (AvgIpc) is 2.10. The largest absolute Gasteiger partial charge is 0.303 e. The van der Waals surface area contributed by atoms with Crippen molar-refractivity contribution in [3.05, 3.63) is 24.3 Å². The Labute approximate surface area is 75.2 Å². The van der Waals surface area contributed by atoms with Crippen LogP contribution in [0.4, 0.5) is 0 Å². The van der Waals surface area contributed by atoms with E-state index in [0.29, 0.717) is 6.42 Å². The van der Waals surface area contributed by atoms with Gasteiger partial charge in [-0.3, -0.25) is 0 Å². The van der Waals surface area contributed by atoms with Gasteiger partial charge in [-0.15, -0.1) is 0 Å². The topological polar surface area (TPSA) is 17.1 Å². The predicted molar refractivity (Wildman–Crippen MR) is 53.1 cm³/mol. The van der Waals surface area contributed by atoms with Gasteiger partial charge in [-0.2, -0.15) is 0 Å². The number of hydrogen-bond donors (Lipinski definition) is 0. The smallest absolute Gasteiger partial charge is 0.123 e. The molecule has 1 nitrogen and oxygen atoms in total. The zero-order valence-electron chi connectivity index (χ0n) is 7.83. The zero-order valence-corrected chi connectivity index (χ0v) is 7.83. The van der Waals surface area contributed by atoms with Crippen LogP contribution in [0.2, 0.25) is 0 Å². The summed E-state index contributed by atoms with van der Waals surface area (Å²) in [6, 6.07) is 0. The highest BCUT2D eigenvalue weighted by atomic mass is 16.1. The van der Waals surface area contributed by atoms with Crippen LogP contribution in [-0.4, -0.2) is 6.29 Å². The molecule has 0 aliphatic rings. The molecule has 0 aliphatic carbocycles. The lowest BCUT2D eigenvalue weighted by molar-refractivity contribution is -0.107. The van der Waals surface area contributed by atoms with Gasteiger partial charge < -0.3 is 4.79 Å². The van der Waals surface area contributed by atoms with Crippen LogP contribution in [0.15, 0.2) is 24.3 Å². The number of rotatable bonds is 7. The van der Waals surface area contributed by atoms with E-state index in [1.54, 1.807) is 0 Å². The molecular weight excluding hydrogens is 148 g/mol. The molecule has 0 amide bonds. The van der Waals surface area contributed by atoms with Crippen molar-refractivity contribution in [1.82, 2.24) is 0 Å². The molecule has 0 saturated heterocycles. The minimum Gasteiger partial charge on any atom is -0.303 e. The van der Waals surface area contributed by atoms with Crippen molar-refractivity contribution >= 4 is 6.29 Å². The molecule has 0 N–H and O–H groups in total. The van der Waals surface area contributed by atoms with Crippen LogP contribution in [0.25, 0.3) is 0 Å². The van der Waals surface area contributed by atoms with Crippen LogP contribution in [0.3, 0.4) is 0 Å². The predicted octanol–water partition coefficient (Wildman–Crippen LogP) is 3.27. The fourth-order valence-electron chi connectivity index (χ4n) is 0.863. The van der Waals surface area contributed by atoms with Gasteiger partial charge in [0.15, 0.2) is 0 Å². The first-order valence-corrected chi connectivity index (χ1v) is 4.65. The second-order valence-corrected chi connectivity index (χ2v) is 2.72. The summed E-state index contributed by atoms with van der Waals surface area (Å²) < 4.78 is 0. The number of hydrogen-bond acceptors (Lipinski definition) is 1. The molecule has 0 aromatic rings. The minimum absolute atomic E-state index is 0.544. The van der Waals surface area contributed by atoms with Crippen LogP contribution in [0.1, 0.15) is 39.0 Å². The molecule has 0 radical (unpaired) electrons. The Morgan fingerprint density at radius 1 is 1.00 bits per heavy atom. The quantitative estimate of drug-likeness (QED) is 0.322. The number of carbonyl (C=O) groups excluding carboxylic acids is 1. The Hall–Kier alpha value is -0.850. The third kappa shape index (κ3) is 9.15. The van der Waals surface area contributed by atoms with Crippen LogP contribution < -0.4 is 0 Å². The van der Waals surface area contributed by atoms with Crippen molar-refractivity contribution in [3.8, 4) is 0 Å². The van der Waals surface area contributed by atoms with E-state index in [1.165, 1.54) is 19.3 Å². The molecular formula is C11H18O. The summed E-state index contributed by atoms with van der Waals surface area (Å²) in [5.74, 6) is 0. The van der Waals surface area contributed by atoms with Crippen molar-refractivity contribution in [1.29, 1.82) is 0 Å². The van der Waals surface area contributed by atoms with Gasteiger partial charge in [0.25, 0.3) is 0 Å². The van der Waals surface area contributed by atoms with Crippen molar-refractivity contribution in [2.75, 3.05) is 0 Å². The molecule has 0 heterocycles. The fraction of sp³-hybridized carbons (Fsp3) is 0.545. The molecule has 0 aromatic carbocycles. The monoisotopic (exact) mass is 166 g/mol. The van der Waals surface area contributed by atoms with Crippen LogP contribution in [-0.2, 0) is 4.79 Å². The Kier molecular flexibility index (Phi) is 9.43. The molecule has 0 aromatic heterocycles. The highest BCUT2D eigenvalue weighted by Gasteiger charge is 1.76. The van der Waals surface area contributed by atoms with Crippen molar-refractivity contribution in [2.24, 2.45) is 0 Å². The van der Waals surface area contributed by atoms with E-state index in [2.05, 4.69) is 19.1 Å². The van der Waals surface area contributed by atoms with Crippen LogP contribution in [0.5, 0.6) is 0 Å². The van der Waals surface area contributed by atoms with Crippen molar-refractivity contribution < 1.29 is 4.79 Å². The number of allylic oxidation sites excluding steroid dienone is 4. The molecule has 0 atom stereocenters. The SMILES string of the molecule is CCCCC=CCC=CCC=O. The van der Waals surface area contributed by atoms with Gasteiger partial charge in [0, 0.05) is 6.42 Å². The normalized spacial score (nSPS) is 11.4. The Bertz CT molecular complexity index is 145. The molecule has 68 valence electrons. The zero-order chi connectivity index (χ0) is 9.07. The Balaban J connectivity index is 3.17. The molecule has 0 bridgehead atoms. The highest BCUT2D eigenvalue weighted by Crippen LogP contribution is 1.96. The Morgan fingerprint density at radius 3 is 2.33 bits per heavy atom. The standard InChI is InChI=1S/C11H18O/c1-2-3-4-5-6-7-8-9-10-11-12/h5-6,8-9,11H,2-4,7,10H2,1H3. The van der Waals surface area contributed by atoms with Gasteiger partial charge in [0.2, 0.25) is 0 Å². The Morgan fingerprint density at radius 2 is 1.67 bits per heavy atom. The van der Waals surface area contributed by atoms with Crippen molar-refractivity contribution in [3.63, 3.8) is 0 Å². The van der Waals surface area contributed by atoms with Gasteiger partial charge in [-0.05, 0) is 12.8 Å². The van der Waals surface area contributed by atoms with E-state index in [1.807, 2.05) is 12.2 Å². The molecule has 1 heteroatoms. The molecule has 12 heavy (non-hydrogen) atoms. The summed E-state index contributed by atoms with van der Waals surface area (Å²) in [7, 11) is 0. The van der Waals surface area contributed by atoms with E-state index >= 15 is 0 Å². The fourth-order valence-corrected chi connectivity index (χ4v) is 0.863. The molecule has 0 saturated carbocycles. The average molecular weight is 166 g/mol. The summed E-state index contributed by atoms with van der Waals surface area (Å²) in [5, 5.41) is 0. The third-order valence-electron chi connectivity index (χ3n) is 1.56. The first-order valence-electron chi connectivity index (χ1n) is 4.65. The lowest BCUT2D eigenvalue weighted by atomic mass is 10.2. The molecule has 0 aliphatic heterocycles. The third-order valence-corrected chi connectivity index (χ3v) is 1.56. The van der Waals surface area contributed by atoms with Gasteiger partial charge >= 0.3 is 0 Å².